The van der Waals surface area contributed by atoms with E-state index in [1.54, 1.807) is 0 Å². The summed E-state index contributed by atoms with van der Waals surface area (Å²) < 4.78 is 2.36. The van der Waals surface area contributed by atoms with Crippen LogP contribution in [-0.2, 0) is 0 Å². The van der Waals surface area contributed by atoms with E-state index in [4.69, 9.17) is 12.2 Å². The van der Waals surface area contributed by atoms with Crippen LogP contribution in [0.25, 0.3) is 5.69 Å². The Balaban J connectivity index is 1.88. The molecule has 1 aromatic carbocycles. The van der Waals surface area contributed by atoms with Crippen molar-refractivity contribution in [1.82, 2.24) is 19.8 Å². The summed E-state index contributed by atoms with van der Waals surface area (Å²) in [5, 5.41) is 4.34. The van der Waals surface area contributed by atoms with Gasteiger partial charge in [-0.15, -0.1) is 0 Å². The minimum atomic E-state index is 0.0249. The van der Waals surface area contributed by atoms with Gasteiger partial charge in [0.1, 0.15) is 0 Å². The Kier molecular flexibility index (Phi) is 5.17. The molecule has 0 radical (unpaired) electrons. The SMILES string of the molecule is Cc1ccccc1-n1c(C)cc(C2C(c3ccccn3)NC(=S)N2C(C)C)c1C. The van der Waals surface area contributed by atoms with Crippen LogP contribution < -0.4 is 5.32 Å². The summed E-state index contributed by atoms with van der Waals surface area (Å²) in [6.07, 6.45) is 1.85. The van der Waals surface area contributed by atoms with Crippen LogP contribution in [0.2, 0.25) is 0 Å². The van der Waals surface area contributed by atoms with Crippen molar-refractivity contribution in [2.45, 2.75) is 52.7 Å². The van der Waals surface area contributed by atoms with Gasteiger partial charge in [-0.25, -0.2) is 0 Å². The van der Waals surface area contributed by atoms with Crippen LogP contribution in [0.4, 0.5) is 0 Å². The average Bonchev–Trinajstić information content (AvgIpc) is 3.19. The summed E-state index contributed by atoms with van der Waals surface area (Å²) in [6, 6.07) is 17.3. The van der Waals surface area contributed by atoms with Crippen LogP contribution in [0.3, 0.4) is 0 Å². The van der Waals surface area contributed by atoms with Gasteiger partial charge in [0.15, 0.2) is 5.11 Å². The van der Waals surface area contributed by atoms with Crippen molar-refractivity contribution in [3.8, 4) is 5.69 Å². The molecule has 3 heterocycles. The van der Waals surface area contributed by atoms with Gasteiger partial charge < -0.3 is 14.8 Å². The normalized spacial score (nSPS) is 19.1. The molecule has 2 unspecified atom stereocenters. The van der Waals surface area contributed by atoms with E-state index in [0.717, 1.165) is 10.8 Å². The highest BCUT2D eigenvalue weighted by Gasteiger charge is 2.42. The van der Waals surface area contributed by atoms with E-state index in [-0.39, 0.29) is 18.1 Å². The highest BCUT2D eigenvalue weighted by Crippen LogP contribution is 2.42. The Hall–Kier alpha value is -2.66. The Morgan fingerprint density at radius 3 is 2.41 bits per heavy atom. The largest absolute Gasteiger partial charge is 0.352 e. The molecule has 1 N–H and O–H groups in total. The molecular formula is C24H28N4S. The Labute approximate surface area is 178 Å². The average molecular weight is 405 g/mol. The predicted octanol–water partition coefficient (Wildman–Crippen LogP) is 5.18. The van der Waals surface area contributed by atoms with Crippen molar-refractivity contribution in [2.75, 3.05) is 0 Å². The molecule has 2 aromatic heterocycles. The molecule has 0 saturated carbocycles. The Bertz CT molecular complexity index is 1040. The molecular weight excluding hydrogens is 376 g/mol. The van der Waals surface area contributed by atoms with E-state index in [1.165, 1.54) is 28.2 Å². The van der Waals surface area contributed by atoms with E-state index in [1.807, 2.05) is 18.3 Å². The number of thiocarbonyl (C=S) groups is 1. The number of hydrogen-bond acceptors (Lipinski definition) is 2. The first kappa shape index (κ1) is 19.6. The second kappa shape index (κ2) is 7.64. The molecule has 1 saturated heterocycles. The molecule has 2 atom stereocenters. The molecule has 0 spiro atoms. The second-order valence-electron chi connectivity index (χ2n) is 8.08. The molecule has 5 heteroatoms. The third kappa shape index (κ3) is 3.33. The molecule has 0 aliphatic carbocycles. The topological polar surface area (TPSA) is 33.1 Å². The van der Waals surface area contributed by atoms with Crippen molar-refractivity contribution < 1.29 is 0 Å². The summed E-state index contributed by atoms with van der Waals surface area (Å²) in [4.78, 5) is 6.96. The monoisotopic (exact) mass is 404 g/mol. The quantitative estimate of drug-likeness (QED) is 0.608. The molecule has 0 bridgehead atoms. The molecule has 3 aromatic rings. The van der Waals surface area contributed by atoms with Crippen LogP contribution in [0, 0.1) is 20.8 Å². The van der Waals surface area contributed by atoms with Gasteiger partial charge in [0, 0.05) is 29.3 Å². The zero-order valence-electron chi connectivity index (χ0n) is 17.7. The fourth-order valence-electron chi connectivity index (χ4n) is 4.53. The van der Waals surface area contributed by atoms with Crippen LogP contribution in [0.15, 0.2) is 54.7 Å². The number of aromatic nitrogens is 2. The van der Waals surface area contributed by atoms with E-state index >= 15 is 0 Å². The van der Waals surface area contributed by atoms with Crippen LogP contribution >= 0.6 is 12.2 Å². The zero-order valence-corrected chi connectivity index (χ0v) is 18.5. The summed E-state index contributed by atoms with van der Waals surface area (Å²) in [5.74, 6) is 0. The van der Waals surface area contributed by atoms with Gasteiger partial charge in [0.2, 0.25) is 0 Å². The number of para-hydroxylation sites is 1. The fraction of sp³-hybridized carbons (Fsp3) is 0.333. The van der Waals surface area contributed by atoms with Crippen molar-refractivity contribution in [3.63, 3.8) is 0 Å². The lowest BCUT2D eigenvalue weighted by molar-refractivity contribution is 0.269. The van der Waals surface area contributed by atoms with Crippen molar-refractivity contribution >= 4 is 17.3 Å². The number of aryl methyl sites for hydroxylation is 2. The smallest absolute Gasteiger partial charge is 0.170 e. The highest BCUT2D eigenvalue weighted by molar-refractivity contribution is 7.80. The standard InChI is InChI=1S/C24H28N4S/c1-15(2)27-23(22(26-24(27)29)20-11-8-9-13-25-20)19-14-17(4)28(18(19)5)21-12-7-6-10-16(21)3/h6-15,22-23H,1-5H3,(H,26,29). The van der Waals surface area contributed by atoms with Crippen molar-refractivity contribution in [3.05, 3.63) is 82.9 Å². The summed E-state index contributed by atoms with van der Waals surface area (Å²) in [7, 11) is 0. The minimum Gasteiger partial charge on any atom is -0.352 e. The summed E-state index contributed by atoms with van der Waals surface area (Å²) in [5.41, 5.74) is 7.29. The van der Waals surface area contributed by atoms with E-state index < -0.39 is 0 Å². The zero-order chi connectivity index (χ0) is 20.7. The van der Waals surface area contributed by atoms with E-state index in [9.17, 15) is 0 Å². The maximum Gasteiger partial charge on any atom is 0.170 e. The fourth-order valence-corrected chi connectivity index (χ4v) is 4.98. The first-order valence-electron chi connectivity index (χ1n) is 10.1. The molecule has 0 amide bonds. The summed E-state index contributed by atoms with van der Waals surface area (Å²) >= 11 is 5.75. The first-order valence-corrected chi connectivity index (χ1v) is 10.6. The molecule has 1 aliphatic heterocycles. The number of rotatable bonds is 4. The number of nitrogens with zero attached hydrogens (tertiary/aromatic N) is 3. The lowest BCUT2D eigenvalue weighted by Crippen LogP contribution is -2.35. The lowest BCUT2D eigenvalue weighted by atomic mass is 9.96. The van der Waals surface area contributed by atoms with Crippen LogP contribution in [-0.4, -0.2) is 25.6 Å². The molecule has 1 fully saturated rings. The highest BCUT2D eigenvalue weighted by atomic mass is 32.1. The molecule has 4 nitrogen and oxygen atoms in total. The molecule has 4 rings (SSSR count). The van der Waals surface area contributed by atoms with Crippen molar-refractivity contribution in [1.29, 1.82) is 0 Å². The van der Waals surface area contributed by atoms with E-state index in [0.29, 0.717) is 0 Å². The van der Waals surface area contributed by atoms with Crippen molar-refractivity contribution in [2.24, 2.45) is 0 Å². The first-order chi connectivity index (χ1) is 13.9. The van der Waals surface area contributed by atoms with Crippen LogP contribution in [0.5, 0.6) is 0 Å². The third-order valence-corrected chi connectivity index (χ3v) is 6.17. The molecule has 1 aliphatic rings. The Morgan fingerprint density at radius 1 is 1.03 bits per heavy atom. The molecule has 150 valence electrons. The summed E-state index contributed by atoms with van der Waals surface area (Å²) in [6.45, 7) is 10.9. The van der Waals surface area contributed by atoms with Gasteiger partial charge in [0.25, 0.3) is 0 Å². The van der Waals surface area contributed by atoms with Gasteiger partial charge in [-0.05, 0) is 82.2 Å². The number of hydrogen-bond donors (Lipinski definition) is 1. The van der Waals surface area contributed by atoms with Gasteiger partial charge in [-0.3, -0.25) is 4.98 Å². The second-order valence-corrected chi connectivity index (χ2v) is 8.46. The van der Waals surface area contributed by atoms with Gasteiger partial charge in [-0.1, -0.05) is 24.3 Å². The van der Waals surface area contributed by atoms with Gasteiger partial charge in [0.05, 0.1) is 17.8 Å². The van der Waals surface area contributed by atoms with E-state index in [2.05, 4.69) is 90.8 Å². The van der Waals surface area contributed by atoms with Gasteiger partial charge >= 0.3 is 0 Å². The maximum absolute atomic E-state index is 5.75. The molecule has 29 heavy (non-hydrogen) atoms. The number of pyridine rings is 1. The number of nitrogens with one attached hydrogen (secondary N) is 1. The van der Waals surface area contributed by atoms with Gasteiger partial charge in [-0.2, -0.15) is 0 Å². The maximum atomic E-state index is 5.75. The number of benzene rings is 1. The lowest BCUT2D eigenvalue weighted by Gasteiger charge is -2.31. The minimum absolute atomic E-state index is 0.0249. The Morgan fingerprint density at radius 2 is 1.76 bits per heavy atom. The van der Waals surface area contributed by atoms with Crippen LogP contribution in [0.1, 0.15) is 54.1 Å². The third-order valence-electron chi connectivity index (χ3n) is 5.84. The predicted molar refractivity (Wildman–Crippen MR) is 122 cm³/mol.